The third kappa shape index (κ3) is 2.98. The summed E-state index contributed by atoms with van der Waals surface area (Å²) < 4.78 is 0. The first kappa shape index (κ1) is 14.2. The molecule has 2 aromatic carbocycles. The van der Waals surface area contributed by atoms with Crippen molar-refractivity contribution in [2.45, 2.75) is 6.10 Å². The maximum Gasteiger partial charge on any atom is 0.106 e. The lowest BCUT2D eigenvalue weighted by atomic mass is 9.97. The van der Waals surface area contributed by atoms with Crippen LogP contribution in [-0.2, 0) is 0 Å². The topological polar surface area (TPSA) is 36.0 Å². The van der Waals surface area contributed by atoms with E-state index in [0.717, 1.165) is 22.3 Å². The summed E-state index contributed by atoms with van der Waals surface area (Å²) in [6.07, 6.45) is 2.97. The SMILES string of the molecule is OC(c1ccc(Cl)cc1)c1c[nH]cc1-c1ccc(Cl)cc1. The molecule has 0 fully saturated rings. The third-order valence-corrected chi connectivity index (χ3v) is 3.92. The van der Waals surface area contributed by atoms with Gasteiger partial charge in [-0.25, -0.2) is 0 Å². The number of halogens is 2. The third-order valence-electron chi connectivity index (χ3n) is 3.41. The highest BCUT2D eigenvalue weighted by Gasteiger charge is 2.16. The van der Waals surface area contributed by atoms with Crippen LogP contribution in [-0.4, -0.2) is 10.1 Å². The van der Waals surface area contributed by atoms with Crippen LogP contribution in [0.4, 0.5) is 0 Å². The number of hydrogen-bond donors (Lipinski definition) is 2. The van der Waals surface area contributed by atoms with Gasteiger partial charge in [-0.05, 0) is 35.4 Å². The van der Waals surface area contributed by atoms with Crippen LogP contribution in [0.5, 0.6) is 0 Å². The molecule has 2 nitrogen and oxygen atoms in total. The van der Waals surface area contributed by atoms with E-state index in [0.29, 0.717) is 10.0 Å². The molecule has 0 amide bonds. The van der Waals surface area contributed by atoms with Gasteiger partial charge < -0.3 is 10.1 Å². The first-order chi connectivity index (χ1) is 10.1. The Morgan fingerprint density at radius 2 is 1.38 bits per heavy atom. The molecular weight excluding hydrogens is 305 g/mol. The molecule has 0 spiro atoms. The molecule has 2 N–H and O–H groups in total. The zero-order valence-corrected chi connectivity index (χ0v) is 12.6. The van der Waals surface area contributed by atoms with Crippen LogP contribution in [0.3, 0.4) is 0 Å². The Morgan fingerprint density at radius 3 is 2.00 bits per heavy atom. The van der Waals surface area contributed by atoms with Gasteiger partial charge in [0, 0.05) is 33.6 Å². The Morgan fingerprint density at radius 1 is 0.810 bits per heavy atom. The number of aliphatic hydroxyl groups excluding tert-OH is 1. The highest BCUT2D eigenvalue weighted by molar-refractivity contribution is 6.30. The van der Waals surface area contributed by atoms with Crippen molar-refractivity contribution >= 4 is 23.2 Å². The van der Waals surface area contributed by atoms with Crippen molar-refractivity contribution in [1.29, 1.82) is 0 Å². The summed E-state index contributed by atoms with van der Waals surface area (Å²) in [6.45, 7) is 0. The van der Waals surface area contributed by atoms with E-state index < -0.39 is 6.10 Å². The predicted octanol–water partition coefficient (Wildman–Crippen LogP) is 5.07. The molecule has 1 aromatic heterocycles. The van der Waals surface area contributed by atoms with Gasteiger partial charge in [0.2, 0.25) is 0 Å². The second kappa shape index (κ2) is 5.94. The molecule has 1 unspecified atom stereocenters. The Hall–Kier alpha value is -1.74. The van der Waals surface area contributed by atoms with Crippen LogP contribution >= 0.6 is 23.2 Å². The molecule has 3 rings (SSSR count). The highest BCUT2D eigenvalue weighted by atomic mass is 35.5. The average Bonchev–Trinajstić information content (AvgIpc) is 2.97. The van der Waals surface area contributed by atoms with Gasteiger partial charge in [-0.15, -0.1) is 0 Å². The van der Waals surface area contributed by atoms with Gasteiger partial charge in [0.1, 0.15) is 6.10 Å². The predicted molar refractivity (Wildman–Crippen MR) is 86.8 cm³/mol. The van der Waals surface area contributed by atoms with E-state index in [-0.39, 0.29) is 0 Å². The molecular formula is C17H13Cl2NO. The normalized spacial score (nSPS) is 12.3. The monoisotopic (exact) mass is 317 g/mol. The smallest absolute Gasteiger partial charge is 0.106 e. The first-order valence-corrected chi connectivity index (χ1v) is 7.27. The lowest BCUT2D eigenvalue weighted by molar-refractivity contribution is 0.221. The fourth-order valence-corrected chi connectivity index (χ4v) is 2.56. The number of nitrogens with one attached hydrogen (secondary N) is 1. The maximum absolute atomic E-state index is 10.6. The minimum atomic E-state index is -0.709. The molecule has 0 aliphatic heterocycles. The molecule has 21 heavy (non-hydrogen) atoms. The molecule has 106 valence electrons. The quantitative estimate of drug-likeness (QED) is 0.695. The van der Waals surface area contributed by atoms with E-state index in [1.807, 2.05) is 48.8 Å². The van der Waals surface area contributed by atoms with Crippen molar-refractivity contribution in [3.63, 3.8) is 0 Å². The largest absolute Gasteiger partial charge is 0.384 e. The minimum Gasteiger partial charge on any atom is -0.384 e. The van der Waals surface area contributed by atoms with Gasteiger partial charge in [-0.3, -0.25) is 0 Å². The standard InChI is InChI=1S/C17H13Cl2NO/c18-13-5-1-11(2-6-13)15-9-20-10-16(15)17(21)12-3-7-14(19)8-4-12/h1-10,17,20-21H. The van der Waals surface area contributed by atoms with Crippen molar-refractivity contribution < 1.29 is 5.11 Å². The lowest BCUT2D eigenvalue weighted by Crippen LogP contribution is -1.99. The summed E-state index contributed by atoms with van der Waals surface area (Å²) in [4.78, 5) is 3.05. The molecule has 0 aliphatic rings. The Kier molecular flexibility index (Phi) is 4.02. The summed E-state index contributed by atoms with van der Waals surface area (Å²) in [5, 5.41) is 11.9. The van der Waals surface area contributed by atoms with Crippen molar-refractivity contribution in [3.05, 3.63) is 82.1 Å². The van der Waals surface area contributed by atoms with Gasteiger partial charge in [0.25, 0.3) is 0 Å². The summed E-state index contributed by atoms with van der Waals surface area (Å²) in [6, 6.07) is 14.7. The molecule has 0 saturated carbocycles. The van der Waals surface area contributed by atoms with E-state index in [1.165, 1.54) is 0 Å². The fourth-order valence-electron chi connectivity index (χ4n) is 2.31. The van der Waals surface area contributed by atoms with Crippen LogP contribution in [0.15, 0.2) is 60.9 Å². The number of hydrogen-bond acceptors (Lipinski definition) is 1. The van der Waals surface area contributed by atoms with Crippen molar-refractivity contribution in [2.24, 2.45) is 0 Å². The van der Waals surface area contributed by atoms with E-state index >= 15 is 0 Å². The number of H-pyrrole nitrogens is 1. The Labute approximate surface area is 133 Å². The second-order valence-corrected chi connectivity index (χ2v) is 5.66. The van der Waals surface area contributed by atoms with Crippen LogP contribution < -0.4 is 0 Å². The highest BCUT2D eigenvalue weighted by Crippen LogP contribution is 2.32. The van der Waals surface area contributed by atoms with Gasteiger partial charge in [0.05, 0.1) is 0 Å². The van der Waals surface area contributed by atoms with Crippen molar-refractivity contribution in [1.82, 2.24) is 4.98 Å². The minimum absolute atomic E-state index is 0.651. The van der Waals surface area contributed by atoms with Gasteiger partial charge in [0.15, 0.2) is 0 Å². The maximum atomic E-state index is 10.6. The van der Waals surface area contributed by atoms with Crippen LogP contribution in [0, 0.1) is 0 Å². The van der Waals surface area contributed by atoms with E-state index in [4.69, 9.17) is 23.2 Å². The number of aromatic amines is 1. The zero-order chi connectivity index (χ0) is 14.8. The number of benzene rings is 2. The van der Waals surface area contributed by atoms with Crippen LogP contribution in [0.1, 0.15) is 17.2 Å². The average molecular weight is 318 g/mol. The van der Waals surface area contributed by atoms with Crippen LogP contribution in [0.25, 0.3) is 11.1 Å². The van der Waals surface area contributed by atoms with Crippen molar-refractivity contribution in [3.8, 4) is 11.1 Å². The fraction of sp³-hybridized carbons (Fsp3) is 0.0588. The molecule has 4 heteroatoms. The zero-order valence-electron chi connectivity index (χ0n) is 11.1. The molecule has 0 aliphatic carbocycles. The molecule has 3 aromatic rings. The Balaban J connectivity index is 1.98. The van der Waals surface area contributed by atoms with Gasteiger partial charge in [-0.2, -0.15) is 0 Å². The molecule has 1 atom stereocenters. The number of aromatic nitrogens is 1. The van der Waals surface area contributed by atoms with E-state index in [2.05, 4.69) is 4.98 Å². The summed E-state index contributed by atoms with van der Waals surface area (Å²) in [5.74, 6) is 0. The van der Waals surface area contributed by atoms with Crippen LogP contribution in [0.2, 0.25) is 10.0 Å². The molecule has 0 radical (unpaired) electrons. The first-order valence-electron chi connectivity index (χ1n) is 6.51. The molecule has 1 heterocycles. The van der Waals surface area contributed by atoms with E-state index in [1.54, 1.807) is 12.1 Å². The van der Waals surface area contributed by atoms with Gasteiger partial charge >= 0.3 is 0 Å². The van der Waals surface area contributed by atoms with E-state index in [9.17, 15) is 5.11 Å². The molecule has 0 saturated heterocycles. The lowest BCUT2D eigenvalue weighted by Gasteiger charge is -2.12. The summed E-state index contributed by atoms with van der Waals surface area (Å²) in [7, 11) is 0. The number of aliphatic hydroxyl groups is 1. The van der Waals surface area contributed by atoms with Gasteiger partial charge in [-0.1, -0.05) is 47.5 Å². The number of rotatable bonds is 3. The second-order valence-electron chi connectivity index (χ2n) is 4.79. The summed E-state index contributed by atoms with van der Waals surface area (Å²) in [5.41, 5.74) is 3.58. The molecule has 0 bridgehead atoms. The Bertz CT molecular complexity index is 732. The van der Waals surface area contributed by atoms with Crippen molar-refractivity contribution in [2.75, 3.05) is 0 Å². The summed E-state index contributed by atoms with van der Waals surface area (Å²) >= 11 is 11.8.